The van der Waals surface area contributed by atoms with Gasteiger partial charge in [-0.25, -0.2) is 0 Å². The van der Waals surface area contributed by atoms with Crippen LogP contribution >= 0.6 is 11.6 Å². The Kier molecular flexibility index (Phi) is 3.54. The highest BCUT2D eigenvalue weighted by Crippen LogP contribution is 2.20. The second kappa shape index (κ2) is 5.10. The lowest BCUT2D eigenvalue weighted by Gasteiger charge is -2.12. The van der Waals surface area contributed by atoms with Crippen molar-refractivity contribution >= 4 is 29.0 Å². The van der Waals surface area contributed by atoms with Crippen LogP contribution in [0.15, 0.2) is 34.9 Å². The predicted octanol–water partition coefficient (Wildman–Crippen LogP) is 3.22. The molecule has 5 heteroatoms. The molecule has 2 rings (SSSR count). The van der Waals surface area contributed by atoms with Crippen LogP contribution in [-0.2, 0) is 5.88 Å². The monoisotopic (exact) mass is 251 g/mol. The molecule has 0 saturated carbocycles. The zero-order valence-corrected chi connectivity index (χ0v) is 10.5. The smallest absolute Gasteiger partial charge is 0.299 e. The minimum absolute atomic E-state index is 0.352. The molecule has 0 saturated heterocycles. The first kappa shape index (κ1) is 11.8. The fourth-order valence-electron chi connectivity index (χ4n) is 1.39. The van der Waals surface area contributed by atoms with Gasteiger partial charge >= 0.3 is 0 Å². The molecule has 0 fully saturated rings. The molecule has 2 aromatic rings. The van der Waals surface area contributed by atoms with Gasteiger partial charge in [0.05, 0.1) is 11.6 Å². The van der Waals surface area contributed by atoms with Crippen molar-refractivity contribution in [2.45, 2.75) is 5.88 Å². The quantitative estimate of drug-likeness (QED) is 0.848. The number of aromatic nitrogens is 1. The van der Waals surface area contributed by atoms with Crippen LogP contribution in [0.2, 0.25) is 0 Å². The lowest BCUT2D eigenvalue weighted by atomic mass is 10.2. The Morgan fingerprint density at radius 1 is 1.29 bits per heavy atom. The highest BCUT2D eigenvalue weighted by Gasteiger charge is 2.03. The fraction of sp³-hybridized carbons (Fsp3) is 0.250. The molecule has 0 aliphatic heterocycles. The van der Waals surface area contributed by atoms with Gasteiger partial charge in [-0.15, -0.1) is 11.6 Å². The van der Waals surface area contributed by atoms with E-state index in [1.807, 2.05) is 43.3 Å². The molecule has 1 aromatic carbocycles. The van der Waals surface area contributed by atoms with E-state index in [0.29, 0.717) is 11.9 Å². The van der Waals surface area contributed by atoms with Gasteiger partial charge in [-0.3, -0.25) is 0 Å². The number of benzene rings is 1. The number of alkyl halides is 1. The van der Waals surface area contributed by atoms with Gasteiger partial charge in [-0.2, -0.15) is 4.98 Å². The molecule has 0 atom stereocenters. The highest BCUT2D eigenvalue weighted by molar-refractivity contribution is 6.16. The van der Waals surface area contributed by atoms with Gasteiger partial charge < -0.3 is 14.6 Å². The maximum absolute atomic E-state index is 5.64. The van der Waals surface area contributed by atoms with Crippen LogP contribution in [-0.4, -0.2) is 19.1 Å². The average Bonchev–Trinajstić information content (AvgIpc) is 2.77. The van der Waals surface area contributed by atoms with Crippen molar-refractivity contribution in [1.29, 1.82) is 0 Å². The van der Waals surface area contributed by atoms with Gasteiger partial charge in [0.25, 0.3) is 6.01 Å². The van der Waals surface area contributed by atoms with E-state index in [-0.39, 0.29) is 0 Å². The average molecular weight is 252 g/mol. The largest absolute Gasteiger partial charge is 0.432 e. The molecule has 0 spiro atoms. The summed E-state index contributed by atoms with van der Waals surface area (Å²) in [6.07, 6.45) is 1.55. The van der Waals surface area contributed by atoms with Gasteiger partial charge in [0, 0.05) is 25.5 Å². The number of nitrogens with zero attached hydrogens (tertiary/aromatic N) is 2. The number of rotatable bonds is 4. The molecule has 0 amide bonds. The van der Waals surface area contributed by atoms with Gasteiger partial charge in [-0.1, -0.05) is 0 Å². The summed E-state index contributed by atoms with van der Waals surface area (Å²) in [5.74, 6) is 0.352. The summed E-state index contributed by atoms with van der Waals surface area (Å²) in [5.41, 5.74) is 2.79. The Hall–Kier alpha value is -1.68. The molecule has 0 radical (unpaired) electrons. The molecule has 0 aliphatic carbocycles. The van der Waals surface area contributed by atoms with E-state index in [1.54, 1.807) is 6.26 Å². The summed E-state index contributed by atoms with van der Waals surface area (Å²) >= 11 is 5.64. The summed E-state index contributed by atoms with van der Waals surface area (Å²) in [6, 6.07) is 8.44. The second-order valence-corrected chi connectivity index (χ2v) is 4.11. The first-order chi connectivity index (χ1) is 8.19. The van der Waals surface area contributed by atoms with E-state index in [0.717, 1.165) is 17.1 Å². The first-order valence-electron chi connectivity index (χ1n) is 5.24. The van der Waals surface area contributed by atoms with Crippen LogP contribution < -0.4 is 10.2 Å². The number of nitrogens with one attached hydrogen (secondary N) is 1. The van der Waals surface area contributed by atoms with Gasteiger partial charge in [-0.05, 0) is 24.3 Å². The molecule has 1 heterocycles. The van der Waals surface area contributed by atoms with Crippen molar-refractivity contribution in [2.75, 3.05) is 24.3 Å². The van der Waals surface area contributed by atoms with E-state index >= 15 is 0 Å². The molecule has 90 valence electrons. The number of hydrogen-bond acceptors (Lipinski definition) is 4. The summed E-state index contributed by atoms with van der Waals surface area (Å²) in [4.78, 5) is 6.20. The van der Waals surface area contributed by atoms with E-state index in [1.165, 1.54) is 0 Å². The van der Waals surface area contributed by atoms with Crippen molar-refractivity contribution in [3.63, 3.8) is 0 Å². The molecule has 1 aromatic heterocycles. The first-order valence-corrected chi connectivity index (χ1v) is 5.77. The van der Waals surface area contributed by atoms with Gasteiger partial charge in [0.1, 0.15) is 6.26 Å². The van der Waals surface area contributed by atoms with Crippen molar-refractivity contribution in [2.24, 2.45) is 0 Å². The lowest BCUT2D eigenvalue weighted by Crippen LogP contribution is -2.08. The van der Waals surface area contributed by atoms with E-state index < -0.39 is 0 Å². The van der Waals surface area contributed by atoms with E-state index in [2.05, 4.69) is 10.3 Å². The maximum atomic E-state index is 5.64. The van der Waals surface area contributed by atoms with Crippen LogP contribution in [0.3, 0.4) is 0 Å². The minimum atomic E-state index is 0.352. The van der Waals surface area contributed by atoms with Crippen LogP contribution in [0, 0.1) is 0 Å². The fourth-order valence-corrected chi connectivity index (χ4v) is 1.51. The van der Waals surface area contributed by atoms with Crippen molar-refractivity contribution in [3.05, 3.63) is 36.2 Å². The van der Waals surface area contributed by atoms with Gasteiger partial charge in [0.2, 0.25) is 0 Å². The zero-order chi connectivity index (χ0) is 12.3. The topological polar surface area (TPSA) is 41.3 Å². The summed E-state index contributed by atoms with van der Waals surface area (Å²) in [6.45, 7) is 0. The SMILES string of the molecule is CN(C)c1ccc(Nc2nc(CCl)co2)cc1. The second-order valence-electron chi connectivity index (χ2n) is 3.84. The van der Waals surface area contributed by atoms with Crippen LogP contribution in [0.1, 0.15) is 5.69 Å². The predicted molar refractivity (Wildman–Crippen MR) is 70.1 cm³/mol. The summed E-state index contributed by atoms with van der Waals surface area (Å²) < 4.78 is 5.22. The number of oxazole rings is 1. The standard InChI is InChI=1S/C12H14ClN3O/c1-16(2)11-5-3-9(4-6-11)14-12-15-10(7-13)8-17-12/h3-6,8H,7H2,1-2H3,(H,14,15). The Labute approximate surface area is 105 Å². The third-order valence-corrected chi connectivity index (χ3v) is 2.60. The molecule has 17 heavy (non-hydrogen) atoms. The molecular weight excluding hydrogens is 238 g/mol. The normalized spacial score (nSPS) is 10.3. The Morgan fingerprint density at radius 2 is 2.00 bits per heavy atom. The molecule has 0 bridgehead atoms. The molecule has 4 nitrogen and oxygen atoms in total. The van der Waals surface area contributed by atoms with Crippen molar-refractivity contribution in [1.82, 2.24) is 4.98 Å². The van der Waals surface area contributed by atoms with Crippen molar-refractivity contribution < 1.29 is 4.42 Å². The Bertz CT molecular complexity index is 479. The van der Waals surface area contributed by atoms with E-state index in [4.69, 9.17) is 16.0 Å². The summed E-state index contributed by atoms with van der Waals surface area (Å²) in [5, 5.41) is 3.07. The molecular formula is C12H14ClN3O. The molecule has 0 aliphatic rings. The number of halogens is 1. The zero-order valence-electron chi connectivity index (χ0n) is 9.77. The minimum Gasteiger partial charge on any atom is -0.432 e. The van der Waals surface area contributed by atoms with Crippen LogP contribution in [0.4, 0.5) is 17.4 Å². The third kappa shape index (κ3) is 2.91. The number of hydrogen-bond donors (Lipinski definition) is 1. The summed E-state index contributed by atoms with van der Waals surface area (Å²) in [7, 11) is 4.01. The molecule has 1 N–H and O–H groups in total. The maximum Gasteiger partial charge on any atom is 0.299 e. The van der Waals surface area contributed by atoms with Gasteiger partial charge in [0.15, 0.2) is 0 Å². The Morgan fingerprint density at radius 3 is 2.53 bits per heavy atom. The number of anilines is 3. The van der Waals surface area contributed by atoms with Crippen LogP contribution in [0.5, 0.6) is 0 Å². The van der Waals surface area contributed by atoms with Crippen molar-refractivity contribution in [3.8, 4) is 0 Å². The van der Waals surface area contributed by atoms with E-state index in [9.17, 15) is 0 Å². The highest BCUT2D eigenvalue weighted by atomic mass is 35.5. The lowest BCUT2D eigenvalue weighted by molar-refractivity contribution is 0.576. The third-order valence-electron chi connectivity index (χ3n) is 2.32. The molecule has 0 unspecified atom stereocenters. The van der Waals surface area contributed by atoms with Crippen LogP contribution in [0.25, 0.3) is 0 Å². The Balaban J connectivity index is 2.08.